The maximum absolute atomic E-state index is 12.3. The summed E-state index contributed by atoms with van der Waals surface area (Å²) in [4.78, 5) is 24.7. The summed E-state index contributed by atoms with van der Waals surface area (Å²) >= 11 is 16.2. The quantitative estimate of drug-likeness (QED) is 0.403. The van der Waals surface area contributed by atoms with E-state index in [1.54, 1.807) is 4.90 Å². The first-order valence-corrected chi connectivity index (χ1v) is 10.3. The predicted octanol–water partition coefficient (Wildman–Crippen LogP) is 1.08. The Kier molecular flexibility index (Phi) is 7.91. The minimum Gasteiger partial charge on any atom is -0.453 e. The summed E-state index contributed by atoms with van der Waals surface area (Å²) < 4.78 is 10.8. The van der Waals surface area contributed by atoms with E-state index in [1.807, 2.05) is 25.7 Å². The highest BCUT2D eigenvalue weighted by Gasteiger charge is 2.27. The second-order valence-corrected chi connectivity index (χ2v) is 8.01. The molecule has 8 nitrogen and oxygen atoms in total. The summed E-state index contributed by atoms with van der Waals surface area (Å²) in [6, 6.07) is 0.128. The summed E-state index contributed by atoms with van der Waals surface area (Å²) in [6.45, 7) is 7.56. The second-order valence-electron chi connectivity index (χ2n) is 7.03. The third-order valence-corrected chi connectivity index (χ3v) is 4.72. The zero-order chi connectivity index (χ0) is 20.9. The van der Waals surface area contributed by atoms with Gasteiger partial charge in [-0.05, 0) is 20.8 Å². The van der Waals surface area contributed by atoms with E-state index < -0.39 is 5.60 Å². The summed E-state index contributed by atoms with van der Waals surface area (Å²) in [5, 5.41) is 1.30. The maximum atomic E-state index is 12.3. The van der Waals surface area contributed by atoms with E-state index in [2.05, 4.69) is 22.6 Å². The molecule has 1 aromatic rings. The SMILES string of the molecule is CC(C)(C)OC(=O)N1CCN(c2nc(OCS)nc(=C(\Cl)CCl)/c2=C\N)CC1. The van der Waals surface area contributed by atoms with Crippen LogP contribution in [0.4, 0.5) is 10.6 Å². The molecule has 156 valence electrons. The van der Waals surface area contributed by atoms with E-state index >= 15 is 0 Å². The molecule has 0 aliphatic carbocycles. The topological polar surface area (TPSA) is 93.8 Å². The standard InChI is InChI=1S/C17H25Cl2N5O3S/c1-17(2,3)27-16(25)24-6-4-23(5-7-24)14-11(9-20)13(12(19)8-18)21-15(22-14)26-10-28/h9,28H,4-8,10,20H2,1-3H3/b11-9+,13-12-. The number of nitrogens with two attached hydrogens (primary N) is 1. The zero-order valence-corrected chi connectivity index (χ0v) is 18.5. The summed E-state index contributed by atoms with van der Waals surface area (Å²) in [5.41, 5.74) is 5.30. The highest BCUT2D eigenvalue weighted by Crippen LogP contribution is 2.15. The van der Waals surface area contributed by atoms with Crippen LogP contribution in [0.15, 0.2) is 0 Å². The fourth-order valence-corrected chi connectivity index (χ4v) is 3.04. The van der Waals surface area contributed by atoms with Gasteiger partial charge in [0.25, 0.3) is 0 Å². The lowest BCUT2D eigenvalue weighted by Gasteiger charge is -2.36. The number of halogens is 2. The maximum Gasteiger partial charge on any atom is 0.410 e. The van der Waals surface area contributed by atoms with E-state index in [0.29, 0.717) is 47.6 Å². The monoisotopic (exact) mass is 449 g/mol. The van der Waals surface area contributed by atoms with Crippen LogP contribution >= 0.6 is 35.8 Å². The number of amides is 1. The van der Waals surface area contributed by atoms with Crippen molar-refractivity contribution >= 4 is 59.0 Å². The predicted molar refractivity (Wildman–Crippen MR) is 114 cm³/mol. The number of rotatable bonds is 4. The highest BCUT2D eigenvalue weighted by atomic mass is 35.5. The van der Waals surface area contributed by atoms with Crippen LogP contribution in [0.25, 0.3) is 11.2 Å². The number of piperazine rings is 1. The molecule has 28 heavy (non-hydrogen) atoms. The van der Waals surface area contributed by atoms with Gasteiger partial charge in [-0.1, -0.05) is 11.6 Å². The van der Waals surface area contributed by atoms with E-state index in [-0.39, 0.29) is 23.9 Å². The molecule has 1 fully saturated rings. The molecule has 1 aliphatic heterocycles. The summed E-state index contributed by atoms with van der Waals surface area (Å²) in [7, 11) is 0. The summed E-state index contributed by atoms with van der Waals surface area (Å²) in [5.74, 6) is 0.748. The van der Waals surface area contributed by atoms with Crippen molar-refractivity contribution in [3.05, 3.63) is 10.6 Å². The van der Waals surface area contributed by atoms with Crippen LogP contribution in [0.1, 0.15) is 20.8 Å². The minimum absolute atomic E-state index is 0.0750. The Hall–Kier alpha value is -1.58. The number of carbonyl (C=O) groups is 1. The minimum atomic E-state index is -0.537. The van der Waals surface area contributed by atoms with Crippen molar-refractivity contribution in [2.24, 2.45) is 5.73 Å². The molecular formula is C17H25Cl2N5O3S. The number of alkyl halides is 1. The molecule has 0 bridgehead atoms. The van der Waals surface area contributed by atoms with Crippen LogP contribution in [0.5, 0.6) is 6.01 Å². The number of hydrogen-bond donors (Lipinski definition) is 2. The van der Waals surface area contributed by atoms with Gasteiger partial charge in [-0.3, -0.25) is 0 Å². The Labute approximate surface area is 179 Å². The molecule has 1 saturated heterocycles. The molecule has 2 N–H and O–H groups in total. The lowest BCUT2D eigenvalue weighted by Crippen LogP contribution is -2.52. The van der Waals surface area contributed by atoms with Crippen molar-refractivity contribution < 1.29 is 14.3 Å². The molecule has 0 aromatic carbocycles. The normalized spacial score (nSPS) is 16.9. The van der Waals surface area contributed by atoms with Gasteiger partial charge in [0.05, 0.1) is 21.5 Å². The van der Waals surface area contributed by atoms with Gasteiger partial charge in [-0.25, -0.2) is 4.79 Å². The Balaban J connectivity index is 2.31. The fraction of sp³-hybridized carbons (Fsp3) is 0.588. The Bertz CT molecular complexity index is 823. The number of ether oxygens (including phenoxy) is 2. The van der Waals surface area contributed by atoms with Gasteiger partial charge in [-0.15, -0.1) is 24.2 Å². The number of aromatic nitrogens is 2. The molecule has 2 heterocycles. The number of nitrogens with zero attached hydrogens (tertiary/aromatic N) is 4. The largest absolute Gasteiger partial charge is 0.453 e. The van der Waals surface area contributed by atoms with E-state index in [4.69, 9.17) is 38.4 Å². The molecule has 0 saturated carbocycles. The molecule has 0 spiro atoms. The van der Waals surface area contributed by atoms with Gasteiger partial charge in [0, 0.05) is 32.4 Å². The van der Waals surface area contributed by atoms with Gasteiger partial charge in [0.15, 0.2) is 0 Å². The van der Waals surface area contributed by atoms with Crippen molar-refractivity contribution in [2.45, 2.75) is 26.4 Å². The van der Waals surface area contributed by atoms with E-state index in [9.17, 15) is 4.79 Å². The third kappa shape index (κ3) is 5.71. The third-order valence-electron chi connectivity index (χ3n) is 3.87. The van der Waals surface area contributed by atoms with Crippen LogP contribution in [0, 0.1) is 0 Å². The van der Waals surface area contributed by atoms with E-state index in [0.717, 1.165) is 0 Å². The first-order chi connectivity index (χ1) is 13.2. The number of anilines is 1. The molecule has 1 amide bonds. The molecule has 11 heteroatoms. The van der Waals surface area contributed by atoms with Gasteiger partial charge in [0.1, 0.15) is 17.4 Å². The second kappa shape index (κ2) is 9.76. The lowest BCUT2D eigenvalue weighted by atomic mass is 10.2. The average Bonchev–Trinajstić information content (AvgIpc) is 2.65. The van der Waals surface area contributed by atoms with Crippen molar-refractivity contribution in [3.8, 4) is 6.01 Å². The zero-order valence-electron chi connectivity index (χ0n) is 16.1. The number of carbonyl (C=O) groups excluding carboxylic acids is 1. The van der Waals surface area contributed by atoms with Gasteiger partial charge in [0.2, 0.25) is 0 Å². The van der Waals surface area contributed by atoms with Crippen LogP contribution in [0.2, 0.25) is 0 Å². The molecule has 2 rings (SSSR count). The molecule has 1 aliphatic rings. The van der Waals surface area contributed by atoms with Crippen molar-refractivity contribution in [2.75, 3.05) is 42.9 Å². The first-order valence-electron chi connectivity index (χ1n) is 8.71. The van der Waals surface area contributed by atoms with Crippen LogP contribution < -0.4 is 25.9 Å². The molecule has 0 atom stereocenters. The number of hydrogen-bond acceptors (Lipinski definition) is 8. The smallest absolute Gasteiger partial charge is 0.410 e. The van der Waals surface area contributed by atoms with Crippen LogP contribution in [-0.2, 0) is 4.74 Å². The van der Waals surface area contributed by atoms with Gasteiger partial charge < -0.3 is 25.0 Å². The average molecular weight is 450 g/mol. The number of thiol groups is 1. The highest BCUT2D eigenvalue weighted by molar-refractivity contribution is 7.80. The van der Waals surface area contributed by atoms with Crippen molar-refractivity contribution in [3.63, 3.8) is 0 Å². The fourth-order valence-electron chi connectivity index (χ4n) is 2.65. The van der Waals surface area contributed by atoms with E-state index in [1.165, 1.54) is 6.20 Å². The van der Waals surface area contributed by atoms with Gasteiger partial charge in [-0.2, -0.15) is 9.97 Å². The van der Waals surface area contributed by atoms with Crippen molar-refractivity contribution in [1.82, 2.24) is 14.9 Å². The Morgan fingerprint density at radius 2 is 1.93 bits per heavy atom. The van der Waals surface area contributed by atoms with Crippen LogP contribution in [-0.4, -0.2) is 64.6 Å². The van der Waals surface area contributed by atoms with Gasteiger partial charge >= 0.3 is 12.1 Å². The molecule has 0 radical (unpaired) electrons. The molecule has 1 aromatic heterocycles. The van der Waals surface area contributed by atoms with Crippen LogP contribution in [0.3, 0.4) is 0 Å². The van der Waals surface area contributed by atoms with Crippen molar-refractivity contribution in [1.29, 1.82) is 0 Å². The Morgan fingerprint density at radius 3 is 2.43 bits per heavy atom. The molecular weight excluding hydrogens is 425 g/mol. The summed E-state index contributed by atoms with van der Waals surface area (Å²) in [6.07, 6.45) is 1.06. The molecule has 0 unspecified atom stereocenters. The first kappa shape index (κ1) is 22.7. The lowest BCUT2D eigenvalue weighted by molar-refractivity contribution is 0.0240. The Morgan fingerprint density at radius 1 is 1.29 bits per heavy atom.